The van der Waals surface area contributed by atoms with Crippen molar-refractivity contribution >= 4 is 29.5 Å². The molecule has 0 aliphatic rings. The number of pyridine rings is 1. The first-order chi connectivity index (χ1) is 18.6. The number of rotatable bonds is 7. The van der Waals surface area contributed by atoms with E-state index in [0.29, 0.717) is 22.9 Å². The summed E-state index contributed by atoms with van der Waals surface area (Å²) in [5.41, 5.74) is 13.2. The molecule has 0 aliphatic carbocycles. The zero-order valence-corrected chi connectivity index (χ0v) is 19.9. The Morgan fingerprint density at radius 1 is 0.949 bits per heavy atom. The molecule has 4 aromatic rings. The van der Waals surface area contributed by atoms with Crippen molar-refractivity contribution in [1.29, 1.82) is 0 Å². The van der Waals surface area contributed by atoms with Gasteiger partial charge in [-0.1, -0.05) is 30.3 Å². The van der Waals surface area contributed by atoms with E-state index in [1.807, 2.05) is 30.3 Å². The number of ether oxygens (including phenoxy) is 1. The summed E-state index contributed by atoms with van der Waals surface area (Å²) in [5.74, 6) is -1.33. The van der Waals surface area contributed by atoms with E-state index in [-0.39, 0.29) is 22.5 Å². The van der Waals surface area contributed by atoms with Crippen molar-refractivity contribution in [2.24, 2.45) is 5.73 Å². The number of hydrogen-bond acceptors (Lipinski definition) is 9. The lowest BCUT2D eigenvalue weighted by Crippen LogP contribution is -2.41. The van der Waals surface area contributed by atoms with Crippen LogP contribution < -0.4 is 21.5 Å². The van der Waals surface area contributed by atoms with Gasteiger partial charge in [0.15, 0.2) is 0 Å². The fourth-order valence-electron chi connectivity index (χ4n) is 3.24. The van der Waals surface area contributed by atoms with Crippen molar-refractivity contribution in [3.63, 3.8) is 0 Å². The summed E-state index contributed by atoms with van der Waals surface area (Å²) in [5, 5.41) is 3.19. The number of alkyl halides is 3. The highest BCUT2D eigenvalue weighted by Crippen LogP contribution is 2.27. The van der Waals surface area contributed by atoms with Gasteiger partial charge in [-0.2, -0.15) is 18.2 Å². The molecule has 2 amide bonds. The van der Waals surface area contributed by atoms with Crippen molar-refractivity contribution in [3.8, 4) is 22.8 Å². The summed E-state index contributed by atoms with van der Waals surface area (Å²) in [6.07, 6.45) is -4.01. The molecule has 2 aromatic carbocycles. The highest BCUT2D eigenvalue weighted by molar-refractivity contribution is 5.78. The van der Waals surface area contributed by atoms with Gasteiger partial charge in [-0.25, -0.2) is 14.6 Å². The molecule has 14 heteroatoms. The zero-order chi connectivity index (χ0) is 28.0. The number of nitrogen functional groups attached to an aromatic ring is 1. The summed E-state index contributed by atoms with van der Waals surface area (Å²) in [4.78, 5) is 38.9. The molecule has 0 fully saturated rings. The van der Waals surface area contributed by atoms with Gasteiger partial charge in [-0.15, -0.1) is 5.06 Å². The predicted octanol–water partition coefficient (Wildman–Crippen LogP) is 4.56. The van der Waals surface area contributed by atoms with Crippen LogP contribution in [-0.2, 0) is 16.2 Å². The van der Waals surface area contributed by atoms with E-state index >= 15 is 0 Å². The van der Waals surface area contributed by atoms with Gasteiger partial charge in [0.1, 0.15) is 23.9 Å². The van der Waals surface area contributed by atoms with Crippen molar-refractivity contribution in [2.75, 3.05) is 11.1 Å². The third-order valence-electron chi connectivity index (χ3n) is 4.94. The van der Waals surface area contributed by atoms with Crippen molar-refractivity contribution in [2.45, 2.75) is 12.7 Å². The first kappa shape index (κ1) is 26.7. The van der Waals surface area contributed by atoms with Crippen LogP contribution in [0.1, 0.15) is 5.69 Å². The molecule has 39 heavy (non-hydrogen) atoms. The smallest absolute Gasteiger partial charge is 0.457 e. The van der Waals surface area contributed by atoms with Gasteiger partial charge in [0.25, 0.3) is 0 Å². The summed E-state index contributed by atoms with van der Waals surface area (Å²) >= 11 is 0. The number of amides is 2. The van der Waals surface area contributed by atoms with Crippen LogP contribution >= 0.6 is 0 Å². The minimum Gasteiger partial charge on any atom is -0.457 e. The quantitative estimate of drug-likeness (QED) is 0.286. The van der Waals surface area contributed by atoms with E-state index < -0.39 is 24.7 Å². The molecule has 2 heterocycles. The average Bonchev–Trinajstić information content (AvgIpc) is 2.89. The molecule has 0 atom stereocenters. The number of aromatic nitrogens is 3. The van der Waals surface area contributed by atoms with Crippen molar-refractivity contribution < 1.29 is 32.3 Å². The fraction of sp³-hybridized carbons (Fsp3) is 0.0800. The van der Waals surface area contributed by atoms with Crippen LogP contribution in [-0.4, -0.2) is 38.2 Å². The first-order valence-corrected chi connectivity index (χ1v) is 11.1. The number of nitrogens with two attached hydrogens (primary N) is 2. The van der Waals surface area contributed by atoms with Crippen LogP contribution in [0, 0.1) is 0 Å². The minimum atomic E-state index is -5.31. The second kappa shape index (κ2) is 11.3. The van der Waals surface area contributed by atoms with Gasteiger partial charge >= 0.3 is 18.2 Å². The third kappa shape index (κ3) is 7.31. The molecule has 0 saturated heterocycles. The Bertz CT molecular complexity index is 1470. The summed E-state index contributed by atoms with van der Waals surface area (Å²) in [7, 11) is 0. The normalized spacial score (nSPS) is 10.9. The van der Waals surface area contributed by atoms with Crippen LogP contribution in [0.15, 0.2) is 79.0 Å². The highest BCUT2D eigenvalue weighted by Gasteiger charge is 2.43. The average molecular weight is 539 g/mol. The summed E-state index contributed by atoms with van der Waals surface area (Å²) in [6.45, 7) is -0.635. The molecule has 0 saturated carbocycles. The Labute approximate surface area is 219 Å². The second-order valence-corrected chi connectivity index (χ2v) is 7.85. The molecule has 200 valence electrons. The lowest BCUT2D eigenvalue weighted by molar-refractivity contribution is -0.229. The Morgan fingerprint density at radius 3 is 2.33 bits per heavy atom. The largest absolute Gasteiger partial charge is 0.493 e. The Hall–Kier alpha value is -5.40. The van der Waals surface area contributed by atoms with Gasteiger partial charge in [0, 0.05) is 29.6 Å². The number of carbonyl (C=O) groups is 2. The minimum absolute atomic E-state index is 0.0471. The lowest BCUT2D eigenvalue weighted by Gasteiger charge is -2.19. The topological polar surface area (TPSA) is 159 Å². The third-order valence-corrected chi connectivity index (χ3v) is 4.94. The number of hydroxylamine groups is 2. The monoisotopic (exact) mass is 539 g/mol. The number of benzene rings is 2. The first-order valence-electron chi connectivity index (χ1n) is 11.1. The summed E-state index contributed by atoms with van der Waals surface area (Å²) < 4.78 is 43.2. The highest BCUT2D eigenvalue weighted by atomic mass is 19.4. The summed E-state index contributed by atoms with van der Waals surface area (Å²) in [6, 6.07) is 19.4. The van der Waals surface area contributed by atoms with E-state index in [4.69, 9.17) is 16.2 Å². The standard InChI is InChI=1S/C25H20F3N7O4/c26-25(27,28)22(36)39-35(24(30)37)14-17-12-19(10-11-31-17)38-18-8-6-16(7-9-18)32-21-13-20(33-23(29)34-21)15-4-2-1-3-5-15/h1-13H,14H2,(H2,30,37)(H3,29,32,33,34). The lowest BCUT2D eigenvalue weighted by atomic mass is 10.1. The maximum atomic E-state index is 12.5. The number of hydrogen-bond donors (Lipinski definition) is 3. The van der Waals surface area contributed by atoms with Crippen molar-refractivity contribution in [1.82, 2.24) is 20.0 Å². The van der Waals surface area contributed by atoms with Gasteiger partial charge in [0.05, 0.1) is 11.4 Å². The SMILES string of the molecule is NC(=O)N(Cc1cc(Oc2ccc(Nc3cc(-c4ccccc4)nc(N)n3)cc2)ccn1)OC(=O)C(F)(F)F. The number of urea groups is 1. The van der Waals surface area contributed by atoms with Crippen LogP contribution in [0.25, 0.3) is 11.3 Å². The Morgan fingerprint density at radius 2 is 1.67 bits per heavy atom. The molecule has 4 rings (SSSR count). The number of primary amides is 1. The second-order valence-electron chi connectivity index (χ2n) is 7.85. The van der Waals surface area contributed by atoms with Gasteiger partial charge in [-0.3, -0.25) is 4.98 Å². The fourth-order valence-corrected chi connectivity index (χ4v) is 3.24. The van der Waals surface area contributed by atoms with Gasteiger partial charge in [-0.05, 0) is 30.3 Å². The Balaban J connectivity index is 1.42. The zero-order valence-electron chi connectivity index (χ0n) is 19.9. The molecule has 5 N–H and O–H groups in total. The van der Waals surface area contributed by atoms with E-state index in [1.165, 1.54) is 18.3 Å². The maximum Gasteiger partial charge on any atom is 0.493 e. The molecular formula is C25H20F3N7O4. The van der Waals surface area contributed by atoms with E-state index in [0.717, 1.165) is 5.56 Å². The maximum absolute atomic E-state index is 12.5. The van der Waals surface area contributed by atoms with Crippen LogP contribution in [0.5, 0.6) is 11.5 Å². The Kier molecular flexibility index (Phi) is 7.74. The molecule has 0 bridgehead atoms. The molecule has 0 unspecified atom stereocenters. The number of halogens is 3. The van der Waals surface area contributed by atoms with Crippen molar-refractivity contribution in [3.05, 3.63) is 84.7 Å². The van der Waals surface area contributed by atoms with E-state index in [9.17, 15) is 22.8 Å². The van der Waals surface area contributed by atoms with Crippen LogP contribution in [0.4, 0.5) is 35.4 Å². The number of carbonyl (C=O) groups excluding carboxylic acids is 2. The van der Waals surface area contributed by atoms with Gasteiger partial charge in [0.2, 0.25) is 5.95 Å². The number of anilines is 3. The van der Waals surface area contributed by atoms with E-state index in [2.05, 4.69) is 25.1 Å². The molecule has 0 radical (unpaired) electrons. The molecule has 0 aliphatic heterocycles. The van der Waals surface area contributed by atoms with Crippen LogP contribution in [0.2, 0.25) is 0 Å². The van der Waals surface area contributed by atoms with Crippen LogP contribution in [0.3, 0.4) is 0 Å². The van der Waals surface area contributed by atoms with E-state index in [1.54, 1.807) is 30.3 Å². The number of nitrogens with one attached hydrogen (secondary N) is 1. The molecular weight excluding hydrogens is 519 g/mol. The van der Waals surface area contributed by atoms with Gasteiger partial charge < -0.3 is 26.4 Å². The molecule has 2 aromatic heterocycles. The number of nitrogens with zero attached hydrogens (tertiary/aromatic N) is 4. The molecule has 0 spiro atoms. The predicted molar refractivity (Wildman–Crippen MR) is 133 cm³/mol. The molecule has 11 nitrogen and oxygen atoms in total.